The molecule has 1 amide bonds. The molecular formula is C14H22N4O2. The summed E-state index contributed by atoms with van der Waals surface area (Å²) < 4.78 is 5.31. The molecule has 110 valence electrons. The number of anilines is 1. The largest absolute Gasteiger partial charge is 0.380 e. The highest BCUT2D eigenvalue weighted by Crippen LogP contribution is 2.19. The highest BCUT2D eigenvalue weighted by atomic mass is 16.5. The van der Waals surface area contributed by atoms with Crippen LogP contribution in [0.25, 0.3) is 0 Å². The maximum atomic E-state index is 12.2. The van der Waals surface area contributed by atoms with Crippen LogP contribution in [0.5, 0.6) is 0 Å². The summed E-state index contributed by atoms with van der Waals surface area (Å²) >= 11 is 0. The number of ether oxygens (including phenoxy) is 1. The van der Waals surface area contributed by atoms with E-state index in [4.69, 9.17) is 4.74 Å². The van der Waals surface area contributed by atoms with Crippen LogP contribution in [0.3, 0.4) is 0 Å². The Kier molecular flexibility index (Phi) is 4.67. The van der Waals surface area contributed by atoms with Gasteiger partial charge >= 0.3 is 0 Å². The summed E-state index contributed by atoms with van der Waals surface area (Å²) in [6.07, 6.45) is 4.14. The van der Waals surface area contributed by atoms with Crippen molar-refractivity contribution in [1.82, 2.24) is 14.9 Å². The predicted molar refractivity (Wildman–Crippen MR) is 76.6 cm³/mol. The number of carbonyl (C=O) groups excluding carboxylic acids is 1. The van der Waals surface area contributed by atoms with Gasteiger partial charge in [0.25, 0.3) is 0 Å². The van der Waals surface area contributed by atoms with Gasteiger partial charge in [0.1, 0.15) is 5.82 Å². The Labute approximate surface area is 119 Å². The molecule has 0 saturated carbocycles. The van der Waals surface area contributed by atoms with Crippen molar-refractivity contribution in [2.45, 2.75) is 38.3 Å². The van der Waals surface area contributed by atoms with E-state index in [2.05, 4.69) is 15.3 Å². The molecule has 1 N–H and O–H groups in total. The van der Waals surface area contributed by atoms with Gasteiger partial charge in [-0.1, -0.05) is 13.8 Å². The van der Waals surface area contributed by atoms with Crippen LogP contribution in [0.1, 0.15) is 32.0 Å². The summed E-state index contributed by atoms with van der Waals surface area (Å²) in [5, 5.41) is 2.86. The van der Waals surface area contributed by atoms with Crippen LogP contribution in [0.2, 0.25) is 0 Å². The van der Waals surface area contributed by atoms with Crippen LogP contribution in [-0.2, 0) is 9.53 Å². The van der Waals surface area contributed by atoms with E-state index in [0.29, 0.717) is 12.1 Å². The van der Waals surface area contributed by atoms with Crippen LogP contribution < -0.4 is 5.32 Å². The molecule has 2 rings (SSSR count). The molecule has 1 aromatic rings. The molecule has 1 aliphatic rings. The molecular weight excluding hydrogens is 256 g/mol. The van der Waals surface area contributed by atoms with E-state index in [9.17, 15) is 4.79 Å². The van der Waals surface area contributed by atoms with Crippen molar-refractivity contribution in [1.29, 1.82) is 0 Å². The quantitative estimate of drug-likeness (QED) is 0.898. The summed E-state index contributed by atoms with van der Waals surface area (Å²) in [7, 11) is 3.61. The van der Waals surface area contributed by atoms with Gasteiger partial charge in [0, 0.05) is 19.6 Å². The minimum absolute atomic E-state index is 0.0343. The van der Waals surface area contributed by atoms with Gasteiger partial charge in [0.2, 0.25) is 5.91 Å². The summed E-state index contributed by atoms with van der Waals surface area (Å²) in [5.74, 6) is 1.02. The molecule has 0 radical (unpaired) electrons. The number of nitrogens with zero attached hydrogens (tertiary/aromatic N) is 3. The maximum absolute atomic E-state index is 12.2. The van der Waals surface area contributed by atoms with E-state index >= 15 is 0 Å². The molecule has 2 atom stereocenters. The fraction of sp³-hybridized carbons (Fsp3) is 0.643. The Hall–Kier alpha value is -1.53. The average Bonchev–Trinajstić information content (AvgIpc) is 2.80. The first-order valence-corrected chi connectivity index (χ1v) is 6.87. The molecule has 0 spiro atoms. The number of amides is 1. The molecule has 1 aliphatic heterocycles. The van der Waals surface area contributed by atoms with E-state index in [-0.39, 0.29) is 24.0 Å². The number of carbonyl (C=O) groups is 1. The smallest absolute Gasteiger partial charge is 0.241 e. The Balaban J connectivity index is 1.97. The van der Waals surface area contributed by atoms with Crippen LogP contribution in [0.15, 0.2) is 12.4 Å². The number of rotatable bonds is 4. The normalized spacial score (nSPS) is 23.2. The van der Waals surface area contributed by atoms with Crippen LogP contribution >= 0.6 is 0 Å². The average molecular weight is 278 g/mol. The first-order chi connectivity index (χ1) is 9.51. The first kappa shape index (κ1) is 14.9. The third-order valence-electron chi connectivity index (χ3n) is 3.60. The number of hydrogen-bond acceptors (Lipinski definition) is 5. The third kappa shape index (κ3) is 3.32. The molecule has 6 nitrogen and oxygen atoms in total. The standard InChI is InChI=1S/C14H22N4O2/c1-9(2)13-15-6-10(7-16-13)17-14(19)12-5-11(20-4)8-18(12)3/h6-7,9,11-12H,5,8H2,1-4H3,(H,17,19)/t11-,12-/m0/s1. The second-order valence-electron chi connectivity index (χ2n) is 5.52. The van der Waals surface area contributed by atoms with E-state index in [1.54, 1.807) is 19.5 Å². The van der Waals surface area contributed by atoms with Gasteiger partial charge < -0.3 is 10.1 Å². The lowest BCUT2D eigenvalue weighted by Gasteiger charge is -2.18. The van der Waals surface area contributed by atoms with Crippen molar-refractivity contribution >= 4 is 11.6 Å². The van der Waals surface area contributed by atoms with Gasteiger partial charge in [-0.2, -0.15) is 0 Å². The van der Waals surface area contributed by atoms with E-state index < -0.39 is 0 Å². The number of hydrogen-bond donors (Lipinski definition) is 1. The Morgan fingerprint density at radius 2 is 2.10 bits per heavy atom. The highest BCUT2D eigenvalue weighted by molar-refractivity contribution is 5.94. The maximum Gasteiger partial charge on any atom is 0.241 e. The lowest BCUT2D eigenvalue weighted by Crippen LogP contribution is -2.37. The van der Waals surface area contributed by atoms with Crippen LogP contribution in [-0.4, -0.2) is 53.6 Å². The second kappa shape index (κ2) is 6.28. The van der Waals surface area contributed by atoms with Gasteiger partial charge in [-0.3, -0.25) is 9.69 Å². The lowest BCUT2D eigenvalue weighted by atomic mass is 10.2. The topological polar surface area (TPSA) is 67.3 Å². The van der Waals surface area contributed by atoms with Crippen LogP contribution in [0, 0.1) is 0 Å². The molecule has 1 aromatic heterocycles. The minimum Gasteiger partial charge on any atom is -0.380 e. The van der Waals surface area contributed by atoms with Gasteiger partial charge in [-0.05, 0) is 13.5 Å². The number of aromatic nitrogens is 2. The Morgan fingerprint density at radius 1 is 1.45 bits per heavy atom. The molecule has 6 heteroatoms. The summed E-state index contributed by atoms with van der Waals surface area (Å²) in [4.78, 5) is 22.7. The fourth-order valence-electron chi connectivity index (χ4n) is 2.36. The minimum atomic E-state index is -0.162. The van der Waals surface area contributed by atoms with Crippen molar-refractivity contribution in [3.05, 3.63) is 18.2 Å². The molecule has 0 bridgehead atoms. The van der Waals surface area contributed by atoms with Crippen molar-refractivity contribution in [2.75, 3.05) is 26.0 Å². The van der Waals surface area contributed by atoms with Crippen LogP contribution in [0.4, 0.5) is 5.69 Å². The zero-order valence-electron chi connectivity index (χ0n) is 12.5. The summed E-state index contributed by atoms with van der Waals surface area (Å²) in [6.45, 7) is 4.84. The summed E-state index contributed by atoms with van der Waals surface area (Å²) in [5.41, 5.74) is 0.633. The molecule has 1 fully saturated rings. The second-order valence-corrected chi connectivity index (χ2v) is 5.52. The molecule has 0 aromatic carbocycles. The zero-order valence-corrected chi connectivity index (χ0v) is 12.5. The molecule has 0 aliphatic carbocycles. The van der Waals surface area contributed by atoms with E-state index in [1.165, 1.54) is 0 Å². The molecule has 0 unspecified atom stereocenters. The first-order valence-electron chi connectivity index (χ1n) is 6.87. The SMILES string of the molecule is CO[C@H]1C[C@@H](C(=O)Nc2cnc(C(C)C)nc2)N(C)C1. The van der Waals surface area contributed by atoms with Gasteiger partial charge in [-0.25, -0.2) is 9.97 Å². The Bertz CT molecular complexity index is 461. The fourth-order valence-corrected chi connectivity index (χ4v) is 2.36. The Morgan fingerprint density at radius 3 is 2.60 bits per heavy atom. The molecule has 2 heterocycles. The van der Waals surface area contributed by atoms with E-state index in [1.807, 2.05) is 25.8 Å². The lowest BCUT2D eigenvalue weighted by molar-refractivity contribution is -0.120. The predicted octanol–water partition coefficient (Wildman–Crippen LogP) is 1.26. The highest BCUT2D eigenvalue weighted by Gasteiger charge is 2.34. The van der Waals surface area contributed by atoms with Crippen molar-refractivity contribution in [3.8, 4) is 0 Å². The zero-order chi connectivity index (χ0) is 14.7. The monoisotopic (exact) mass is 278 g/mol. The third-order valence-corrected chi connectivity index (χ3v) is 3.60. The van der Waals surface area contributed by atoms with Gasteiger partial charge in [-0.15, -0.1) is 0 Å². The van der Waals surface area contributed by atoms with Crippen molar-refractivity contribution < 1.29 is 9.53 Å². The van der Waals surface area contributed by atoms with Crippen molar-refractivity contribution in [2.24, 2.45) is 0 Å². The number of likely N-dealkylation sites (tertiary alicyclic amines) is 1. The van der Waals surface area contributed by atoms with Gasteiger partial charge in [0.15, 0.2) is 0 Å². The molecule has 1 saturated heterocycles. The summed E-state index contributed by atoms with van der Waals surface area (Å²) in [6, 6.07) is -0.162. The van der Waals surface area contributed by atoms with Crippen molar-refractivity contribution in [3.63, 3.8) is 0 Å². The van der Waals surface area contributed by atoms with E-state index in [0.717, 1.165) is 12.4 Å². The number of nitrogens with one attached hydrogen (secondary N) is 1. The number of methoxy groups -OCH3 is 1. The molecule has 20 heavy (non-hydrogen) atoms. The van der Waals surface area contributed by atoms with Gasteiger partial charge in [0.05, 0.1) is 30.2 Å². The number of likely N-dealkylation sites (N-methyl/N-ethyl adjacent to an activating group) is 1.